The Bertz CT molecular complexity index is 529. The zero-order valence-corrected chi connectivity index (χ0v) is 9.12. The van der Waals surface area contributed by atoms with E-state index in [1.165, 1.54) is 6.07 Å². The number of nitrogen functional groups attached to an aromatic ring is 1. The Balaban J connectivity index is 2.25. The van der Waals surface area contributed by atoms with E-state index in [1.807, 2.05) is 16.9 Å². The fourth-order valence-corrected chi connectivity index (χ4v) is 2.05. The molecule has 5 heteroatoms. The molecule has 2 rings (SSSR count). The molecule has 0 bridgehead atoms. The van der Waals surface area contributed by atoms with Gasteiger partial charge < -0.3 is 10.3 Å². The van der Waals surface area contributed by atoms with Crippen molar-refractivity contribution < 1.29 is 0 Å². The Labute approximate surface area is 91.0 Å². The first-order valence-electron chi connectivity index (χ1n) is 4.52. The third-order valence-corrected chi connectivity index (χ3v) is 2.94. The summed E-state index contributed by atoms with van der Waals surface area (Å²) in [4.78, 5) is 15.4. The fraction of sp³-hybridized carbons (Fsp3) is 0.200. The molecule has 0 saturated heterocycles. The summed E-state index contributed by atoms with van der Waals surface area (Å²) < 4.78 is 1.86. The van der Waals surface area contributed by atoms with Gasteiger partial charge in [-0.05, 0) is 6.92 Å². The van der Waals surface area contributed by atoms with Crippen molar-refractivity contribution in [3.05, 3.63) is 44.8 Å². The zero-order valence-electron chi connectivity index (χ0n) is 8.30. The van der Waals surface area contributed by atoms with Crippen LogP contribution in [0.3, 0.4) is 0 Å². The normalized spacial score (nSPS) is 10.5. The van der Waals surface area contributed by atoms with Crippen LogP contribution in [0, 0.1) is 6.92 Å². The number of aryl methyl sites for hydroxylation is 1. The molecule has 15 heavy (non-hydrogen) atoms. The van der Waals surface area contributed by atoms with Crippen LogP contribution in [0.25, 0.3) is 0 Å². The van der Waals surface area contributed by atoms with Gasteiger partial charge in [-0.15, -0.1) is 11.3 Å². The van der Waals surface area contributed by atoms with Crippen LogP contribution in [0.1, 0.15) is 10.7 Å². The molecular formula is C10H11N3OS. The minimum absolute atomic E-state index is 0.137. The molecule has 0 spiro atoms. The second kappa shape index (κ2) is 3.86. The Kier molecular flexibility index (Phi) is 2.55. The number of anilines is 1. The minimum Gasteiger partial charge on any atom is -0.394 e. The van der Waals surface area contributed by atoms with E-state index >= 15 is 0 Å². The Morgan fingerprint density at radius 3 is 3.00 bits per heavy atom. The van der Waals surface area contributed by atoms with Crippen LogP contribution in [0.4, 0.5) is 5.69 Å². The zero-order chi connectivity index (χ0) is 10.8. The van der Waals surface area contributed by atoms with E-state index in [4.69, 9.17) is 5.73 Å². The summed E-state index contributed by atoms with van der Waals surface area (Å²) in [5.41, 5.74) is 6.68. The molecule has 0 aliphatic heterocycles. The highest BCUT2D eigenvalue weighted by Gasteiger charge is 2.00. The van der Waals surface area contributed by atoms with Gasteiger partial charge in [-0.2, -0.15) is 0 Å². The average molecular weight is 221 g/mol. The van der Waals surface area contributed by atoms with Crippen molar-refractivity contribution in [2.45, 2.75) is 13.5 Å². The Hall–Kier alpha value is -1.62. The van der Waals surface area contributed by atoms with E-state index in [0.29, 0.717) is 6.54 Å². The first-order chi connectivity index (χ1) is 7.15. The maximum Gasteiger partial charge on any atom is 0.204 e. The summed E-state index contributed by atoms with van der Waals surface area (Å²) in [6, 6.07) is 1.47. The van der Waals surface area contributed by atoms with Gasteiger partial charge in [-0.1, -0.05) is 0 Å². The number of nitrogens with two attached hydrogens (primary N) is 1. The molecule has 0 aliphatic rings. The third kappa shape index (κ3) is 2.24. The summed E-state index contributed by atoms with van der Waals surface area (Å²) >= 11 is 1.60. The van der Waals surface area contributed by atoms with Crippen LogP contribution in [0.5, 0.6) is 0 Å². The van der Waals surface area contributed by atoms with E-state index < -0.39 is 0 Å². The van der Waals surface area contributed by atoms with Gasteiger partial charge in [0.15, 0.2) is 0 Å². The largest absolute Gasteiger partial charge is 0.394 e. The van der Waals surface area contributed by atoms with Gasteiger partial charge in [0, 0.05) is 29.5 Å². The van der Waals surface area contributed by atoms with Crippen LogP contribution in [-0.4, -0.2) is 9.55 Å². The van der Waals surface area contributed by atoms with E-state index in [1.54, 1.807) is 23.7 Å². The average Bonchev–Trinajstić information content (AvgIpc) is 2.58. The smallest absolute Gasteiger partial charge is 0.204 e. The predicted molar refractivity (Wildman–Crippen MR) is 61.1 cm³/mol. The Morgan fingerprint density at radius 1 is 1.60 bits per heavy atom. The van der Waals surface area contributed by atoms with E-state index in [-0.39, 0.29) is 11.1 Å². The first-order valence-corrected chi connectivity index (χ1v) is 5.40. The lowest BCUT2D eigenvalue weighted by molar-refractivity contribution is 0.782. The molecule has 4 nitrogen and oxygen atoms in total. The summed E-state index contributed by atoms with van der Waals surface area (Å²) in [7, 11) is 0. The van der Waals surface area contributed by atoms with Crippen molar-refractivity contribution in [2.24, 2.45) is 0 Å². The number of nitrogens with zero attached hydrogens (tertiary/aromatic N) is 2. The Morgan fingerprint density at radius 2 is 2.40 bits per heavy atom. The maximum absolute atomic E-state index is 11.1. The number of thiazole rings is 1. The lowest BCUT2D eigenvalue weighted by atomic mass is 10.4. The quantitative estimate of drug-likeness (QED) is 0.830. The second-order valence-electron chi connectivity index (χ2n) is 3.32. The predicted octanol–water partition coefficient (Wildman–Crippen LogP) is 1.24. The lowest BCUT2D eigenvalue weighted by Crippen LogP contribution is -2.11. The molecular weight excluding hydrogens is 210 g/mol. The van der Waals surface area contributed by atoms with Crippen molar-refractivity contribution in [1.82, 2.24) is 9.55 Å². The molecule has 0 aliphatic carbocycles. The maximum atomic E-state index is 11.1. The molecule has 2 N–H and O–H groups in total. The number of aromatic nitrogens is 2. The van der Waals surface area contributed by atoms with Gasteiger partial charge in [0.25, 0.3) is 0 Å². The van der Waals surface area contributed by atoms with E-state index in [2.05, 4.69) is 4.98 Å². The van der Waals surface area contributed by atoms with Crippen LogP contribution in [0.2, 0.25) is 0 Å². The van der Waals surface area contributed by atoms with Crippen molar-refractivity contribution in [2.75, 3.05) is 5.73 Å². The highest BCUT2D eigenvalue weighted by Crippen LogP contribution is 2.10. The van der Waals surface area contributed by atoms with Gasteiger partial charge in [0.2, 0.25) is 5.43 Å². The summed E-state index contributed by atoms with van der Waals surface area (Å²) in [6.45, 7) is 2.61. The highest BCUT2D eigenvalue weighted by molar-refractivity contribution is 7.09. The molecule has 2 aromatic rings. The molecule has 2 heterocycles. The molecule has 0 saturated carbocycles. The van der Waals surface area contributed by atoms with Crippen LogP contribution in [-0.2, 0) is 6.54 Å². The van der Waals surface area contributed by atoms with Gasteiger partial charge in [0.05, 0.1) is 12.2 Å². The van der Waals surface area contributed by atoms with Crippen molar-refractivity contribution in [1.29, 1.82) is 0 Å². The number of hydrogen-bond donors (Lipinski definition) is 1. The summed E-state index contributed by atoms with van der Waals surface area (Å²) in [5, 5.41) is 3.01. The van der Waals surface area contributed by atoms with Crippen molar-refractivity contribution in [3.63, 3.8) is 0 Å². The van der Waals surface area contributed by atoms with E-state index in [9.17, 15) is 4.79 Å². The summed E-state index contributed by atoms with van der Waals surface area (Å²) in [5.74, 6) is 0. The molecule has 78 valence electrons. The number of hydrogen-bond acceptors (Lipinski definition) is 4. The van der Waals surface area contributed by atoms with Crippen LogP contribution < -0.4 is 11.2 Å². The molecule has 0 fully saturated rings. The second-order valence-corrected chi connectivity index (χ2v) is 4.26. The minimum atomic E-state index is -0.137. The van der Waals surface area contributed by atoms with Gasteiger partial charge in [0.1, 0.15) is 5.01 Å². The molecule has 0 radical (unpaired) electrons. The topological polar surface area (TPSA) is 60.9 Å². The molecule has 2 aromatic heterocycles. The molecule has 0 amide bonds. The number of pyridine rings is 1. The third-order valence-electron chi connectivity index (χ3n) is 1.99. The first kappa shape index (κ1) is 9.92. The van der Waals surface area contributed by atoms with Gasteiger partial charge in [-0.25, -0.2) is 4.98 Å². The standard InChI is InChI=1S/C10H11N3OS/c1-7-6-15-10(12-7)5-13-3-2-9(14)8(11)4-13/h2-4,6H,5,11H2,1H3. The van der Waals surface area contributed by atoms with E-state index in [0.717, 1.165) is 10.7 Å². The van der Waals surface area contributed by atoms with Crippen molar-refractivity contribution in [3.8, 4) is 0 Å². The molecule has 0 aromatic carbocycles. The molecule has 0 unspecified atom stereocenters. The monoisotopic (exact) mass is 221 g/mol. The fourth-order valence-electron chi connectivity index (χ4n) is 1.27. The van der Waals surface area contributed by atoms with Gasteiger partial charge >= 0.3 is 0 Å². The van der Waals surface area contributed by atoms with Crippen molar-refractivity contribution >= 4 is 17.0 Å². The summed E-state index contributed by atoms with van der Waals surface area (Å²) in [6.07, 6.45) is 3.36. The van der Waals surface area contributed by atoms with Crippen LogP contribution >= 0.6 is 11.3 Å². The lowest BCUT2D eigenvalue weighted by Gasteiger charge is -2.03. The SMILES string of the molecule is Cc1csc(Cn2ccc(=O)c(N)c2)n1. The number of rotatable bonds is 2. The molecule has 0 atom stereocenters. The highest BCUT2D eigenvalue weighted by atomic mass is 32.1. The van der Waals surface area contributed by atoms with Crippen LogP contribution in [0.15, 0.2) is 28.6 Å². The van der Waals surface area contributed by atoms with Gasteiger partial charge in [-0.3, -0.25) is 4.79 Å².